The van der Waals surface area contributed by atoms with Crippen LogP contribution in [0.2, 0.25) is 0 Å². The molecule has 0 bridgehead atoms. The van der Waals surface area contributed by atoms with E-state index in [0.29, 0.717) is 6.42 Å². The van der Waals surface area contributed by atoms with Gasteiger partial charge in [0.2, 0.25) is 0 Å². The van der Waals surface area contributed by atoms with Crippen LogP contribution in [0.1, 0.15) is 80.1 Å². The average molecular weight is 747 g/mol. The smallest absolute Gasteiger partial charge is 0.155 e. The molecule has 4 aliphatic carbocycles. The van der Waals surface area contributed by atoms with Gasteiger partial charge in [-0.15, -0.1) is 0 Å². The predicted molar refractivity (Wildman–Crippen MR) is 234 cm³/mol. The zero-order chi connectivity index (χ0) is 38.6. The van der Waals surface area contributed by atoms with Gasteiger partial charge in [-0.1, -0.05) is 177 Å². The Labute approximate surface area is 340 Å². The minimum atomic E-state index is -1.24. The number of benzene rings is 8. The Balaban J connectivity index is 1.15. The predicted octanol–water partition coefficient (Wildman–Crippen LogP) is 13.1. The van der Waals surface area contributed by atoms with Crippen molar-refractivity contribution >= 4 is 0 Å². The Morgan fingerprint density at radius 2 is 0.638 bits per heavy atom. The molecule has 0 spiro atoms. The first-order valence-electron chi connectivity index (χ1n) is 20.7. The molecule has 0 saturated heterocycles. The summed E-state index contributed by atoms with van der Waals surface area (Å²) in [6.45, 7) is 2.44. The van der Waals surface area contributed by atoms with E-state index >= 15 is 0 Å². The first-order chi connectivity index (χ1) is 28.6. The second-order valence-electron chi connectivity index (χ2n) is 17.1. The van der Waals surface area contributed by atoms with Crippen molar-refractivity contribution < 1.29 is 10.1 Å². The standard InChI is InChI=1S/C56H42O2/c1-55(51-26-10-22-43-39-18-6-2-14-35(39)30-47(43)51,52-27-11-23-44-40-19-7-3-15-36(40)31-48(44)52)34-56(58-57,53-28-12-24-45-41-20-8-4-16-37(41)32-49(45)53)54-29-13-25-46-42-21-9-5-17-38(42)33-50(46)54/h2-29,57H,30-34H2,1H3. The molecule has 0 aliphatic heterocycles. The first kappa shape index (κ1) is 33.8. The number of hydrogen-bond donors (Lipinski definition) is 1. The summed E-state index contributed by atoms with van der Waals surface area (Å²) >= 11 is 0. The SMILES string of the molecule is CC(CC(OO)(c1cccc2c1Cc1ccccc1-2)c1cccc2c1Cc1ccccc1-2)(c1cccc2c1Cc1ccccc1-2)c1cccc2c1Cc1ccccc1-2. The summed E-state index contributed by atoms with van der Waals surface area (Å²) in [6, 6.07) is 62.4. The van der Waals surface area contributed by atoms with Gasteiger partial charge in [-0.25, -0.2) is 4.89 Å². The molecule has 0 unspecified atom stereocenters. The summed E-state index contributed by atoms with van der Waals surface area (Å²) in [6.07, 6.45) is 3.78. The highest BCUT2D eigenvalue weighted by atomic mass is 17.1. The third-order valence-electron chi connectivity index (χ3n) is 14.2. The maximum Gasteiger partial charge on any atom is 0.155 e. The lowest BCUT2D eigenvalue weighted by Gasteiger charge is -2.44. The van der Waals surface area contributed by atoms with Crippen LogP contribution in [0.3, 0.4) is 0 Å². The van der Waals surface area contributed by atoms with Crippen LogP contribution in [-0.4, -0.2) is 5.26 Å². The second kappa shape index (κ2) is 12.6. The van der Waals surface area contributed by atoms with Gasteiger partial charge >= 0.3 is 0 Å². The monoisotopic (exact) mass is 746 g/mol. The van der Waals surface area contributed by atoms with E-state index in [-0.39, 0.29) is 0 Å². The van der Waals surface area contributed by atoms with Crippen molar-refractivity contribution in [3.8, 4) is 44.5 Å². The third kappa shape index (κ3) is 4.68. The highest BCUT2D eigenvalue weighted by Crippen LogP contribution is 2.57. The molecule has 8 aromatic carbocycles. The summed E-state index contributed by atoms with van der Waals surface area (Å²) in [5.74, 6) is 0. The molecule has 4 aliphatic rings. The maximum atomic E-state index is 12.2. The number of hydrogen-bond acceptors (Lipinski definition) is 2. The fourth-order valence-electron chi connectivity index (χ4n) is 11.7. The Morgan fingerprint density at radius 1 is 0.362 bits per heavy atom. The lowest BCUT2D eigenvalue weighted by atomic mass is 9.62. The van der Waals surface area contributed by atoms with E-state index < -0.39 is 11.0 Å². The van der Waals surface area contributed by atoms with Crippen molar-refractivity contribution in [1.29, 1.82) is 0 Å². The summed E-state index contributed by atoms with van der Waals surface area (Å²) in [4.78, 5) is 6.46. The van der Waals surface area contributed by atoms with E-state index in [1.54, 1.807) is 0 Å². The Hall–Kier alpha value is -6.32. The summed E-state index contributed by atoms with van der Waals surface area (Å²) < 4.78 is 0. The fourth-order valence-corrected chi connectivity index (χ4v) is 11.7. The van der Waals surface area contributed by atoms with Gasteiger partial charge in [0.05, 0.1) is 0 Å². The average Bonchev–Trinajstić information content (AvgIpc) is 4.05. The van der Waals surface area contributed by atoms with Gasteiger partial charge in [-0.05, 0) is 137 Å². The highest BCUT2D eigenvalue weighted by molar-refractivity contribution is 5.83. The zero-order valence-corrected chi connectivity index (χ0v) is 32.6. The van der Waals surface area contributed by atoms with Crippen molar-refractivity contribution in [2.75, 3.05) is 0 Å². The molecule has 0 saturated carbocycles. The minimum Gasteiger partial charge on any atom is -0.251 e. The Bertz CT molecular complexity index is 2810. The highest BCUT2D eigenvalue weighted by Gasteiger charge is 2.50. The van der Waals surface area contributed by atoms with Crippen molar-refractivity contribution in [2.45, 2.75) is 50.0 Å². The normalized spacial score (nSPS) is 13.9. The molecular formula is C56H42O2. The van der Waals surface area contributed by atoms with Crippen molar-refractivity contribution in [3.63, 3.8) is 0 Å². The molecule has 0 amide bonds. The first-order valence-corrected chi connectivity index (χ1v) is 20.7. The van der Waals surface area contributed by atoms with E-state index in [4.69, 9.17) is 4.89 Å². The van der Waals surface area contributed by atoms with Gasteiger partial charge in [0.1, 0.15) is 0 Å². The van der Waals surface area contributed by atoms with Gasteiger partial charge in [0.25, 0.3) is 0 Å². The zero-order valence-electron chi connectivity index (χ0n) is 32.6. The molecule has 0 fully saturated rings. The molecule has 2 heteroatoms. The van der Waals surface area contributed by atoms with Gasteiger partial charge in [-0.3, -0.25) is 5.26 Å². The largest absolute Gasteiger partial charge is 0.251 e. The van der Waals surface area contributed by atoms with Crippen LogP contribution in [0.4, 0.5) is 0 Å². The molecule has 278 valence electrons. The summed E-state index contributed by atoms with van der Waals surface area (Å²) in [7, 11) is 0. The van der Waals surface area contributed by atoms with E-state index in [9.17, 15) is 5.26 Å². The second-order valence-corrected chi connectivity index (χ2v) is 17.1. The molecular weight excluding hydrogens is 705 g/mol. The Morgan fingerprint density at radius 3 is 0.966 bits per heavy atom. The molecule has 0 aromatic heterocycles. The van der Waals surface area contributed by atoms with Crippen LogP contribution in [0.15, 0.2) is 170 Å². The molecule has 2 nitrogen and oxygen atoms in total. The summed E-state index contributed by atoms with van der Waals surface area (Å²) in [5, 5.41) is 12.2. The molecule has 0 heterocycles. The molecule has 12 rings (SSSR count). The van der Waals surface area contributed by atoms with Crippen LogP contribution in [0.5, 0.6) is 0 Å². The van der Waals surface area contributed by atoms with Gasteiger partial charge < -0.3 is 0 Å². The van der Waals surface area contributed by atoms with Crippen LogP contribution in [-0.2, 0) is 41.6 Å². The number of rotatable bonds is 7. The lowest BCUT2D eigenvalue weighted by Crippen LogP contribution is -2.42. The van der Waals surface area contributed by atoms with Crippen molar-refractivity contribution in [2.24, 2.45) is 0 Å². The van der Waals surface area contributed by atoms with Crippen LogP contribution in [0.25, 0.3) is 44.5 Å². The quantitative estimate of drug-likeness (QED) is 0.130. The van der Waals surface area contributed by atoms with Gasteiger partial charge in [-0.2, -0.15) is 0 Å². The van der Waals surface area contributed by atoms with E-state index in [1.807, 2.05) is 0 Å². The van der Waals surface area contributed by atoms with Crippen LogP contribution in [0, 0.1) is 0 Å². The molecule has 0 radical (unpaired) electrons. The Kier molecular flexibility index (Phi) is 7.33. The lowest BCUT2D eigenvalue weighted by molar-refractivity contribution is -0.320. The van der Waals surface area contributed by atoms with Gasteiger partial charge in [0, 0.05) is 11.8 Å². The fraction of sp³-hybridized carbons (Fsp3) is 0.143. The maximum absolute atomic E-state index is 12.2. The van der Waals surface area contributed by atoms with Crippen molar-refractivity contribution in [3.05, 3.63) is 237 Å². The molecule has 58 heavy (non-hydrogen) atoms. The van der Waals surface area contributed by atoms with Crippen LogP contribution < -0.4 is 0 Å². The van der Waals surface area contributed by atoms with Gasteiger partial charge in [0.15, 0.2) is 5.60 Å². The minimum absolute atomic E-state index is 0.482. The van der Waals surface area contributed by atoms with E-state index in [1.165, 1.54) is 100 Å². The summed E-state index contributed by atoms with van der Waals surface area (Å²) in [5.41, 5.74) is 23.5. The van der Waals surface area contributed by atoms with Crippen molar-refractivity contribution in [1.82, 2.24) is 0 Å². The molecule has 0 atom stereocenters. The molecule has 1 N–H and O–H groups in total. The van der Waals surface area contributed by atoms with Crippen LogP contribution >= 0.6 is 0 Å². The molecule has 8 aromatic rings. The van der Waals surface area contributed by atoms with E-state index in [0.717, 1.165) is 36.8 Å². The number of fused-ring (bicyclic) bond motifs is 12. The third-order valence-corrected chi connectivity index (χ3v) is 14.2. The van der Waals surface area contributed by atoms with E-state index in [2.05, 4.69) is 177 Å². The topological polar surface area (TPSA) is 29.5 Å².